The Morgan fingerprint density at radius 1 is 1.59 bits per heavy atom. The molecule has 0 aromatic carbocycles. The van der Waals surface area contributed by atoms with Gasteiger partial charge in [-0.25, -0.2) is 0 Å². The van der Waals surface area contributed by atoms with Crippen molar-refractivity contribution in [2.45, 2.75) is 31.2 Å². The van der Waals surface area contributed by atoms with Crippen LogP contribution in [-0.2, 0) is 21.3 Å². The minimum Gasteiger partial charge on any atom is -0.385 e. The molecule has 1 aromatic heterocycles. The molecule has 2 rings (SSSR count). The summed E-state index contributed by atoms with van der Waals surface area (Å²) in [5, 5.41) is 3.96. The summed E-state index contributed by atoms with van der Waals surface area (Å²) in [5.41, 5.74) is 5.65. The quantitative estimate of drug-likeness (QED) is 0.745. The Morgan fingerprint density at radius 3 is 3.06 bits per heavy atom. The fraction of sp³-hybridized carbons (Fsp3) is 0.818. The van der Waals surface area contributed by atoms with Gasteiger partial charge in [-0.3, -0.25) is 0 Å². The summed E-state index contributed by atoms with van der Waals surface area (Å²) in [5.74, 6) is 1.28. The van der Waals surface area contributed by atoms with E-state index in [0.29, 0.717) is 31.5 Å². The molecule has 17 heavy (non-hydrogen) atoms. The molecule has 0 saturated carbocycles. The Morgan fingerprint density at radius 2 is 2.41 bits per heavy atom. The van der Waals surface area contributed by atoms with Gasteiger partial charge in [0.25, 0.3) is 0 Å². The second kappa shape index (κ2) is 5.12. The molecular formula is C11H19N3O3. The molecule has 0 spiro atoms. The van der Waals surface area contributed by atoms with Crippen molar-refractivity contribution in [1.29, 1.82) is 0 Å². The molecule has 0 amide bonds. The summed E-state index contributed by atoms with van der Waals surface area (Å²) < 4.78 is 15.6. The van der Waals surface area contributed by atoms with E-state index in [-0.39, 0.29) is 11.5 Å². The van der Waals surface area contributed by atoms with Crippen molar-refractivity contribution in [2.75, 3.05) is 26.9 Å². The van der Waals surface area contributed by atoms with Crippen LogP contribution in [0.2, 0.25) is 0 Å². The molecule has 0 radical (unpaired) electrons. The third-order valence-corrected chi connectivity index (χ3v) is 3.22. The lowest BCUT2D eigenvalue weighted by atomic mass is 9.86. The fourth-order valence-corrected chi connectivity index (χ4v) is 1.87. The van der Waals surface area contributed by atoms with Crippen LogP contribution in [0.5, 0.6) is 0 Å². The second-order valence-corrected chi connectivity index (χ2v) is 4.65. The van der Waals surface area contributed by atoms with Gasteiger partial charge in [0.1, 0.15) is 0 Å². The van der Waals surface area contributed by atoms with Crippen LogP contribution in [0, 0.1) is 0 Å². The number of aromatic nitrogens is 2. The predicted octanol–water partition coefficient (Wildman–Crippen LogP) is 0.264. The first kappa shape index (κ1) is 12.5. The van der Waals surface area contributed by atoms with E-state index in [1.165, 1.54) is 0 Å². The molecule has 6 nitrogen and oxygen atoms in total. The molecule has 6 heteroatoms. The lowest BCUT2D eigenvalue weighted by Crippen LogP contribution is -2.42. The van der Waals surface area contributed by atoms with Gasteiger partial charge in [0.2, 0.25) is 5.89 Å². The van der Waals surface area contributed by atoms with Gasteiger partial charge in [-0.05, 0) is 13.3 Å². The van der Waals surface area contributed by atoms with Gasteiger partial charge in [-0.15, -0.1) is 0 Å². The van der Waals surface area contributed by atoms with E-state index in [2.05, 4.69) is 10.1 Å². The minimum absolute atomic E-state index is 0.0882. The predicted molar refractivity (Wildman–Crippen MR) is 60.6 cm³/mol. The van der Waals surface area contributed by atoms with Crippen molar-refractivity contribution >= 4 is 0 Å². The minimum atomic E-state index is -0.355. The van der Waals surface area contributed by atoms with Crippen molar-refractivity contribution in [2.24, 2.45) is 5.73 Å². The SMILES string of the molecule is COCCCc1noc(C2(C)COCC2N)n1. The van der Waals surface area contributed by atoms with Crippen molar-refractivity contribution < 1.29 is 14.0 Å². The molecule has 1 aliphatic rings. The average Bonchev–Trinajstić information content (AvgIpc) is 2.89. The summed E-state index contributed by atoms with van der Waals surface area (Å²) in [4.78, 5) is 4.39. The van der Waals surface area contributed by atoms with Crippen LogP contribution in [0.1, 0.15) is 25.1 Å². The van der Waals surface area contributed by atoms with Crippen LogP contribution in [0.3, 0.4) is 0 Å². The number of nitrogens with zero attached hydrogens (tertiary/aromatic N) is 2. The van der Waals surface area contributed by atoms with Crippen LogP contribution >= 0.6 is 0 Å². The highest BCUT2D eigenvalue weighted by Crippen LogP contribution is 2.30. The highest BCUT2D eigenvalue weighted by Gasteiger charge is 2.44. The van der Waals surface area contributed by atoms with Gasteiger partial charge in [0.05, 0.1) is 18.6 Å². The van der Waals surface area contributed by atoms with Gasteiger partial charge in [-0.2, -0.15) is 4.98 Å². The van der Waals surface area contributed by atoms with Gasteiger partial charge in [-0.1, -0.05) is 5.16 Å². The number of rotatable bonds is 5. The van der Waals surface area contributed by atoms with Crippen molar-refractivity contribution in [1.82, 2.24) is 10.1 Å². The Hall–Kier alpha value is -0.980. The average molecular weight is 241 g/mol. The van der Waals surface area contributed by atoms with E-state index >= 15 is 0 Å². The van der Waals surface area contributed by atoms with Crippen molar-refractivity contribution in [3.63, 3.8) is 0 Å². The maximum absolute atomic E-state index is 6.00. The van der Waals surface area contributed by atoms with E-state index in [1.54, 1.807) is 7.11 Å². The number of nitrogens with two attached hydrogens (primary N) is 1. The second-order valence-electron chi connectivity index (χ2n) is 4.65. The molecule has 2 unspecified atom stereocenters. The summed E-state index contributed by atoms with van der Waals surface area (Å²) in [6.07, 6.45) is 1.64. The molecule has 2 N–H and O–H groups in total. The first-order chi connectivity index (χ1) is 8.16. The van der Waals surface area contributed by atoms with Crippen LogP contribution in [0.4, 0.5) is 0 Å². The van der Waals surface area contributed by atoms with Gasteiger partial charge in [0, 0.05) is 26.2 Å². The first-order valence-corrected chi connectivity index (χ1v) is 5.82. The molecule has 2 heterocycles. The number of hydrogen-bond donors (Lipinski definition) is 1. The number of hydrogen-bond acceptors (Lipinski definition) is 6. The Bertz CT molecular complexity index is 369. The molecule has 1 fully saturated rings. The largest absolute Gasteiger partial charge is 0.385 e. The summed E-state index contributed by atoms with van der Waals surface area (Å²) in [6, 6.07) is -0.0882. The number of methoxy groups -OCH3 is 1. The van der Waals surface area contributed by atoms with Crippen LogP contribution in [-0.4, -0.2) is 43.1 Å². The normalized spacial score (nSPS) is 28.8. The van der Waals surface area contributed by atoms with E-state index in [0.717, 1.165) is 12.8 Å². The maximum Gasteiger partial charge on any atom is 0.236 e. The van der Waals surface area contributed by atoms with Gasteiger partial charge >= 0.3 is 0 Å². The number of ether oxygens (including phenoxy) is 2. The molecule has 2 atom stereocenters. The molecule has 96 valence electrons. The Kier molecular flexibility index (Phi) is 3.76. The summed E-state index contributed by atoms with van der Waals surface area (Å²) >= 11 is 0. The molecule has 0 bridgehead atoms. The van der Waals surface area contributed by atoms with Crippen LogP contribution in [0.25, 0.3) is 0 Å². The summed E-state index contributed by atoms with van der Waals surface area (Å²) in [6.45, 7) is 3.77. The fourth-order valence-electron chi connectivity index (χ4n) is 1.87. The van der Waals surface area contributed by atoms with E-state index < -0.39 is 0 Å². The van der Waals surface area contributed by atoms with E-state index in [9.17, 15) is 0 Å². The van der Waals surface area contributed by atoms with E-state index in [1.807, 2.05) is 6.92 Å². The van der Waals surface area contributed by atoms with Crippen LogP contribution < -0.4 is 5.73 Å². The monoisotopic (exact) mass is 241 g/mol. The molecule has 1 saturated heterocycles. The molecule has 1 aromatic rings. The highest BCUT2D eigenvalue weighted by molar-refractivity contribution is 5.11. The molecule has 0 aliphatic carbocycles. The van der Waals surface area contributed by atoms with Crippen LogP contribution in [0.15, 0.2) is 4.52 Å². The molecular weight excluding hydrogens is 222 g/mol. The smallest absolute Gasteiger partial charge is 0.236 e. The Balaban J connectivity index is 2.02. The zero-order valence-electron chi connectivity index (χ0n) is 10.3. The lowest BCUT2D eigenvalue weighted by molar-refractivity contribution is 0.169. The lowest BCUT2D eigenvalue weighted by Gasteiger charge is -2.21. The Labute approximate surface area is 100 Å². The summed E-state index contributed by atoms with van der Waals surface area (Å²) in [7, 11) is 1.68. The third-order valence-electron chi connectivity index (χ3n) is 3.22. The first-order valence-electron chi connectivity index (χ1n) is 5.82. The maximum atomic E-state index is 6.00. The highest BCUT2D eigenvalue weighted by atomic mass is 16.5. The van der Waals surface area contributed by atoms with Crippen molar-refractivity contribution in [3.05, 3.63) is 11.7 Å². The zero-order valence-corrected chi connectivity index (χ0v) is 10.3. The van der Waals surface area contributed by atoms with E-state index in [4.69, 9.17) is 19.7 Å². The van der Waals surface area contributed by atoms with Gasteiger partial charge < -0.3 is 19.7 Å². The number of aryl methyl sites for hydroxylation is 1. The topological polar surface area (TPSA) is 83.4 Å². The zero-order chi connectivity index (χ0) is 12.3. The molecule has 1 aliphatic heterocycles. The standard InChI is InChI=1S/C11H19N3O3/c1-11(7-16-6-8(11)12)10-13-9(14-17-10)4-3-5-15-2/h8H,3-7,12H2,1-2H3. The van der Waals surface area contributed by atoms with Crippen molar-refractivity contribution in [3.8, 4) is 0 Å². The van der Waals surface area contributed by atoms with Gasteiger partial charge in [0.15, 0.2) is 5.82 Å². The third kappa shape index (κ3) is 2.48.